The van der Waals surface area contributed by atoms with Crippen LogP contribution in [0.4, 0.5) is 0 Å². The van der Waals surface area contributed by atoms with Gasteiger partial charge in [0.15, 0.2) is 5.60 Å². The minimum absolute atomic E-state index is 0.0900. The molecular formula is C24H13BrCl2O4. The highest BCUT2D eigenvalue weighted by atomic mass is 79.9. The first-order chi connectivity index (χ1) is 14.8. The Bertz CT molecular complexity index is 1350. The minimum Gasteiger partial charge on any atom is -0.506 e. The molecule has 4 aromatic carbocycles. The zero-order valence-electron chi connectivity index (χ0n) is 15.7. The third-order valence-corrected chi connectivity index (χ3v) is 6.84. The summed E-state index contributed by atoms with van der Waals surface area (Å²) in [7, 11) is 0. The van der Waals surface area contributed by atoms with Crippen LogP contribution in [0.5, 0.6) is 11.5 Å². The molecule has 1 aliphatic rings. The number of aromatic hydroxyl groups is 2. The summed E-state index contributed by atoms with van der Waals surface area (Å²) in [5.41, 5.74) is 0.814. The van der Waals surface area contributed by atoms with Gasteiger partial charge in [-0.1, -0.05) is 69.5 Å². The third-order valence-electron chi connectivity index (χ3n) is 5.54. The van der Waals surface area contributed by atoms with E-state index in [-0.39, 0.29) is 21.5 Å². The van der Waals surface area contributed by atoms with E-state index in [0.29, 0.717) is 22.3 Å². The number of cyclic esters (lactones) is 1. The van der Waals surface area contributed by atoms with Crippen molar-refractivity contribution in [3.05, 3.63) is 104 Å². The van der Waals surface area contributed by atoms with Gasteiger partial charge in [-0.15, -0.1) is 0 Å². The van der Waals surface area contributed by atoms with Crippen molar-refractivity contribution >= 4 is 55.9 Å². The SMILES string of the molecule is O=C1OC(c2ccc(O)c(Cl)c2)(c2ccc(O)c(Cl)c2)c2cccc3c(Br)ccc1c23. The van der Waals surface area contributed by atoms with Crippen LogP contribution in [0.15, 0.2) is 71.2 Å². The first-order valence-electron chi connectivity index (χ1n) is 9.26. The van der Waals surface area contributed by atoms with Crippen molar-refractivity contribution in [3.8, 4) is 11.5 Å². The van der Waals surface area contributed by atoms with E-state index >= 15 is 0 Å². The normalized spacial score (nSPS) is 14.5. The number of rotatable bonds is 2. The molecule has 0 aromatic heterocycles. The van der Waals surface area contributed by atoms with Crippen LogP contribution in [0.25, 0.3) is 10.8 Å². The first-order valence-corrected chi connectivity index (χ1v) is 10.8. The van der Waals surface area contributed by atoms with E-state index in [2.05, 4.69) is 15.9 Å². The second-order valence-electron chi connectivity index (χ2n) is 7.23. The lowest BCUT2D eigenvalue weighted by molar-refractivity contribution is 0.0125. The summed E-state index contributed by atoms with van der Waals surface area (Å²) < 4.78 is 6.99. The van der Waals surface area contributed by atoms with Gasteiger partial charge in [-0.3, -0.25) is 0 Å². The molecule has 7 heteroatoms. The number of carbonyl (C=O) groups is 1. The van der Waals surface area contributed by atoms with Crippen LogP contribution in [0, 0.1) is 0 Å². The monoisotopic (exact) mass is 514 g/mol. The van der Waals surface area contributed by atoms with Crippen LogP contribution in [0.1, 0.15) is 27.0 Å². The lowest BCUT2D eigenvalue weighted by Gasteiger charge is -2.39. The van der Waals surface area contributed by atoms with E-state index in [1.165, 1.54) is 12.1 Å². The van der Waals surface area contributed by atoms with Crippen molar-refractivity contribution in [2.45, 2.75) is 5.60 Å². The van der Waals surface area contributed by atoms with E-state index in [1.54, 1.807) is 30.3 Å². The fraction of sp³-hybridized carbons (Fsp3) is 0.0417. The standard InChI is InChI=1S/C24H13BrCl2O4/c25-17-7-6-15-22-14(17)2-1-3-16(22)24(31-23(15)30,12-4-8-20(28)18(26)10-12)13-5-9-21(29)19(27)11-13/h1-11,28-29H. The fourth-order valence-corrected chi connectivity index (χ4v) is 4.95. The molecule has 1 aliphatic heterocycles. The number of halogens is 3. The van der Waals surface area contributed by atoms with Crippen molar-refractivity contribution in [2.75, 3.05) is 0 Å². The molecule has 4 nitrogen and oxygen atoms in total. The molecule has 0 aliphatic carbocycles. The fourth-order valence-electron chi connectivity index (χ4n) is 4.13. The molecule has 0 bridgehead atoms. The van der Waals surface area contributed by atoms with Gasteiger partial charge in [-0.2, -0.15) is 0 Å². The molecule has 1 heterocycles. The molecule has 0 fully saturated rings. The van der Waals surface area contributed by atoms with Crippen LogP contribution in [0.2, 0.25) is 10.0 Å². The molecule has 0 amide bonds. The summed E-state index contributed by atoms with van der Waals surface area (Å²) in [6.45, 7) is 0. The Labute approximate surface area is 195 Å². The summed E-state index contributed by atoms with van der Waals surface area (Å²) >= 11 is 16.0. The van der Waals surface area contributed by atoms with Crippen LogP contribution < -0.4 is 0 Å². The maximum absolute atomic E-state index is 13.2. The lowest BCUT2D eigenvalue weighted by atomic mass is 9.75. The average Bonchev–Trinajstić information content (AvgIpc) is 2.76. The number of carbonyl (C=O) groups excluding carboxylic acids is 1. The number of hydrogen-bond acceptors (Lipinski definition) is 4. The number of esters is 1. The number of hydrogen-bond donors (Lipinski definition) is 2. The Hall–Kier alpha value is -2.73. The molecule has 0 spiro atoms. The molecule has 5 rings (SSSR count). The van der Waals surface area contributed by atoms with Crippen LogP contribution in [-0.4, -0.2) is 16.2 Å². The largest absolute Gasteiger partial charge is 0.506 e. The molecule has 0 atom stereocenters. The number of phenolic OH excluding ortho intramolecular Hbond substituents is 2. The summed E-state index contributed by atoms with van der Waals surface area (Å²) in [4.78, 5) is 13.2. The van der Waals surface area contributed by atoms with E-state index in [4.69, 9.17) is 27.9 Å². The highest BCUT2D eigenvalue weighted by Crippen LogP contribution is 2.50. The summed E-state index contributed by atoms with van der Waals surface area (Å²) in [5, 5.41) is 21.8. The Morgan fingerprint density at radius 3 is 2.03 bits per heavy atom. The summed E-state index contributed by atoms with van der Waals surface area (Å²) in [6.07, 6.45) is 0. The topological polar surface area (TPSA) is 66.8 Å². The lowest BCUT2D eigenvalue weighted by Crippen LogP contribution is -2.38. The van der Waals surface area contributed by atoms with Crippen molar-refractivity contribution in [3.63, 3.8) is 0 Å². The Morgan fingerprint density at radius 2 is 1.45 bits per heavy atom. The van der Waals surface area contributed by atoms with Crippen molar-refractivity contribution in [1.29, 1.82) is 0 Å². The molecule has 0 saturated heterocycles. The number of benzene rings is 4. The van der Waals surface area contributed by atoms with Gasteiger partial charge in [0, 0.05) is 26.5 Å². The minimum atomic E-state index is -1.40. The third kappa shape index (κ3) is 2.92. The second kappa shape index (κ2) is 7.16. The molecule has 0 radical (unpaired) electrons. The van der Waals surface area contributed by atoms with Gasteiger partial charge in [-0.05, 0) is 41.8 Å². The molecular weight excluding hydrogens is 503 g/mol. The van der Waals surface area contributed by atoms with Gasteiger partial charge in [0.1, 0.15) is 11.5 Å². The van der Waals surface area contributed by atoms with E-state index in [0.717, 1.165) is 15.2 Å². The highest BCUT2D eigenvalue weighted by molar-refractivity contribution is 9.10. The van der Waals surface area contributed by atoms with Crippen LogP contribution in [-0.2, 0) is 10.3 Å². The van der Waals surface area contributed by atoms with Gasteiger partial charge in [0.2, 0.25) is 0 Å². The Balaban J connectivity index is 1.96. The zero-order chi connectivity index (χ0) is 21.9. The van der Waals surface area contributed by atoms with Gasteiger partial charge in [-0.25, -0.2) is 4.79 Å². The maximum Gasteiger partial charge on any atom is 0.340 e. The molecule has 2 N–H and O–H groups in total. The molecule has 0 unspecified atom stereocenters. The van der Waals surface area contributed by atoms with Crippen LogP contribution in [0.3, 0.4) is 0 Å². The number of phenols is 2. The Morgan fingerprint density at radius 1 is 0.839 bits per heavy atom. The van der Waals surface area contributed by atoms with Crippen molar-refractivity contribution in [2.24, 2.45) is 0 Å². The highest BCUT2D eigenvalue weighted by Gasteiger charge is 2.46. The predicted octanol–water partition coefficient (Wildman–Crippen LogP) is 6.78. The molecule has 4 aromatic rings. The predicted molar refractivity (Wildman–Crippen MR) is 123 cm³/mol. The van der Waals surface area contributed by atoms with E-state index in [9.17, 15) is 15.0 Å². The van der Waals surface area contributed by atoms with E-state index < -0.39 is 11.6 Å². The second-order valence-corrected chi connectivity index (χ2v) is 8.89. The average molecular weight is 516 g/mol. The van der Waals surface area contributed by atoms with Crippen molar-refractivity contribution in [1.82, 2.24) is 0 Å². The maximum atomic E-state index is 13.2. The number of ether oxygens (including phenoxy) is 1. The molecule has 31 heavy (non-hydrogen) atoms. The molecule has 154 valence electrons. The van der Waals surface area contributed by atoms with E-state index in [1.807, 2.05) is 24.3 Å². The van der Waals surface area contributed by atoms with Crippen molar-refractivity contribution < 1.29 is 19.7 Å². The first kappa shape index (κ1) is 20.2. The summed E-state index contributed by atoms with van der Waals surface area (Å²) in [5.74, 6) is -0.690. The van der Waals surface area contributed by atoms with Gasteiger partial charge in [0.25, 0.3) is 0 Å². The van der Waals surface area contributed by atoms with Gasteiger partial charge < -0.3 is 14.9 Å². The summed E-state index contributed by atoms with van der Waals surface area (Å²) in [6, 6.07) is 18.5. The Kier molecular flexibility index (Phi) is 4.66. The van der Waals surface area contributed by atoms with Gasteiger partial charge >= 0.3 is 5.97 Å². The quantitative estimate of drug-likeness (QED) is 0.289. The van der Waals surface area contributed by atoms with Gasteiger partial charge in [0.05, 0.1) is 15.6 Å². The molecule has 0 saturated carbocycles. The smallest absolute Gasteiger partial charge is 0.340 e. The zero-order valence-corrected chi connectivity index (χ0v) is 18.8. The van der Waals surface area contributed by atoms with Crippen LogP contribution >= 0.6 is 39.1 Å².